The van der Waals surface area contributed by atoms with Gasteiger partial charge in [-0.15, -0.1) is 0 Å². The van der Waals surface area contributed by atoms with Crippen LogP contribution in [0.2, 0.25) is 15.1 Å². The molecule has 170 valence electrons. The highest BCUT2D eigenvalue weighted by molar-refractivity contribution is 7.07. The first-order valence-corrected chi connectivity index (χ1v) is 11.6. The number of esters is 1. The normalized spacial score (nSPS) is 15.8. The van der Waals surface area contributed by atoms with E-state index in [0.29, 0.717) is 47.0 Å². The molecular weight excluding hydrogens is 507 g/mol. The monoisotopic (exact) mass is 522 g/mol. The Kier molecular flexibility index (Phi) is 6.68. The third-order valence-electron chi connectivity index (χ3n) is 5.18. The number of allylic oxidation sites excluding steroid dienone is 1. The Morgan fingerprint density at radius 1 is 1.18 bits per heavy atom. The Labute approximate surface area is 208 Å². The number of thiazole rings is 1. The molecule has 1 aromatic heterocycles. The van der Waals surface area contributed by atoms with Crippen LogP contribution in [0.4, 0.5) is 0 Å². The number of nitrogens with zero attached hydrogens (tertiary/aromatic N) is 2. The molecule has 0 unspecified atom stereocenters. The number of aromatic nitrogens is 1. The van der Waals surface area contributed by atoms with E-state index >= 15 is 0 Å². The summed E-state index contributed by atoms with van der Waals surface area (Å²) in [5.74, 6) is -0.136. The van der Waals surface area contributed by atoms with Gasteiger partial charge in [-0.25, -0.2) is 9.79 Å². The van der Waals surface area contributed by atoms with Gasteiger partial charge in [-0.2, -0.15) is 0 Å². The number of fused-ring (bicyclic) bond motifs is 1. The van der Waals surface area contributed by atoms with Gasteiger partial charge in [0.05, 0.1) is 40.1 Å². The molecular formula is C23H17Cl3N2O4S. The predicted octanol–water partition coefficient (Wildman–Crippen LogP) is 4.38. The smallest absolute Gasteiger partial charge is 0.338 e. The first-order chi connectivity index (χ1) is 15.8. The fourth-order valence-corrected chi connectivity index (χ4v) is 5.26. The second-order valence-electron chi connectivity index (χ2n) is 7.10. The van der Waals surface area contributed by atoms with Crippen LogP contribution in [0.15, 0.2) is 57.5 Å². The largest absolute Gasteiger partial charge is 0.496 e. The second-order valence-corrected chi connectivity index (χ2v) is 9.33. The number of rotatable bonds is 4. The van der Waals surface area contributed by atoms with Crippen molar-refractivity contribution < 1.29 is 14.3 Å². The summed E-state index contributed by atoms with van der Waals surface area (Å²) in [6.07, 6.45) is 1.65. The molecule has 1 aliphatic heterocycles. The summed E-state index contributed by atoms with van der Waals surface area (Å²) < 4.78 is 12.4. The highest BCUT2D eigenvalue weighted by Gasteiger charge is 2.35. The van der Waals surface area contributed by atoms with E-state index in [2.05, 4.69) is 4.99 Å². The molecule has 10 heteroatoms. The molecule has 0 fully saturated rings. The minimum absolute atomic E-state index is 0.220. The minimum atomic E-state index is -0.848. The summed E-state index contributed by atoms with van der Waals surface area (Å²) in [5.41, 5.74) is 1.43. The van der Waals surface area contributed by atoms with Crippen molar-refractivity contribution in [2.24, 2.45) is 4.99 Å². The fraction of sp³-hybridized carbons (Fsp3) is 0.174. The molecule has 0 aliphatic carbocycles. The van der Waals surface area contributed by atoms with E-state index < -0.39 is 12.0 Å². The maximum atomic E-state index is 13.6. The maximum absolute atomic E-state index is 13.6. The van der Waals surface area contributed by atoms with Crippen LogP contribution in [0.25, 0.3) is 6.08 Å². The average molecular weight is 524 g/mol. The number of hydrogen-bond donors (Lipinski definition) is 0. The van der Waals surface area contributed by atoms with Crippen molar-refractivity contribution in [2.45, 2.75) is 13.0 Å². The summed E-state index contributed by atoms with van der Waals surface area (Å²) >= 11 is 19.9. The highest BCUT2D eigenvalue weighted by atomic mass is 35.5. The minimum Gasteiger partial charge on any atom is -0.496 e. The van der Waals surface area contributed by atoms with Crippen molar-refractivity contribution in [1.29, 1.82) is 0 Å². The fourth-order valence-electron chi connectivity index (χ4n) is 3.68. The van der Waals surface area contributed by atoms with Crippen LogP contribution in [0.5, 0.6) is 5.75 Å². The first-order valence-electron chi connectivity index (χ1n) is 9.65. The lowest BCUT2D eigenvalue weighted by Gasteiger charge is -2.25. The topological polar surface area (TPSA) is 69.9 Å². The van der Waals surface area contributed by atoms with E-state index in [0.717, 1.165) is 0 Å². The Bertz CT molecular complexity index is 1490. The van der Waals surface area contributed by atoms with E-state index in [1.807, 2.05) is 0 Å². The van der Waals surface area contributed by atoms with E-state index in [1.165, 1.54) is 30.1 Å². The van der Waals surface area contributed by atoms with Gasteiger partial charge in [0.2, 0.25) is 0 Å². The van der Waals surface area contributed by atoms with E-state index in [-0.39, 0.29) is 11.1 Å². The van der Waals surface area contributed by atoms with Crippen molar-refractivity contribution >= 4 is 58.2 Å². The highest BCUT2D eigenvalue weighted by Crippen LogP contribution is 2.37. The van der Waals surface area contributed by atoms with Crippen molar-refractivity contribution in [2.75, 3.05) is 14.2 Å². The Hall–Kier alpha value is -2.58. The molecule has 0 saturated carbocycles. The van der Waals surface area contributed by atoms with Crippen molar-refractivity contribution in [3.05, 3.63) is 93.6 Å². The Morgan fingerprint density at radius 3 is 2.64 bits per heavy atom. The van der Waals surface area contributed by atoms with Gasteiger partial charge in [0.15, 0.2) is 4.80 Å². The molecule has 0 saturated heterocycles. The van der Waals surface area contributed by atoms with Crippen LogP contribution in [0.1, 0.15) is 24.1 Å². The Balaban J connectivity index is 2.05. The number of methoxy groups -OCH3 is 2. The van der Waals surface area contributed by atoms with Gasteiger partial charge in [0.25, 0.3) is 5.56 Å². The number of hydrogen-bond acceptors (Lipinski definition) is 6. The number of carbonyl (C=O) groups excluding carboxylic acids is 1. The first kappa shape index (κ1) is 23.6. The maximum Gasteiger partial charge on any atom is 0.338 e. The molecule has 2 aromatic carbocycles. The number of benzene rings is 2. The molecule has 4 rings (SSSR count). The number of halogens is 3. The van der Waals surface area contributed by atoms with Gasteiger partial charge in [-0.3, -0.25) is 9.36 Å². The van der Waals surface area contributed by atoms with Gasteiger partial charge in [-0.05, 0) is 42.8 Å². The van der Waals surface area contributed by atoms with Gasteiger partial charge in [-0.1, -0.05) is 58.3 Å². The van der Waals surface area contributed by atoms with Crippen LogP contribution < -0.4 is 19.6 Å². The van der Waals surface area contributed by atoms with Gasteiger partial charge in [0, 0.05) is 10.6 Å². The third kappa shape index (κ3) is 4.22. The zero-order valence-corrected chi connectivity index (χ0v) is 20.8. The molecule has 33 heavy (non-hydrogen) atoms. The van der Waals surface area contributed by atoms with E-state index in [1.54, 1.807) is 49.4 Å². The number of ether oxygens (including phenoxy) is 2. The van der Waals surface area contributed by atoms with Crippen LogP contribution in [-0.2, 0) is 9.53 Å². The number of carbonyl (C=O) groups is 1. The summed E-state index contributed by atoms with van der Waals surface area (Å²) in [6.45, 7) is 1.70. The summed E-state index contributed by atoms with van der Waals surface area (Å²) in [6, 6.07) is 9.34. The lowest BCUT2D eigenvalue weighted by molar-refractivity contribution is -0.136. The molecule has 1 atom stereocenters. The van der Waals surface area contributed by atoms with E-state index in [9.17, 15) is 9.59 Å². The van der Waals surface area contributed by atoms with Crippen LogP contribution in [0.3, 0.4) is 0 Å². The molecule has 2 heterocycles. The van der Waals surface area contributed by atoms with Crippen molar-refractivity contribution in [3.8, 4) is 5.75 Å². The zero-order valence-electron chi connectivity index (χ0n) is 17.7. The standard InChI is InChI=1S/C23H17Cl3N2O4S/c1-11-18(22(30)32-3)20(14-10-13(24)7-8-16(14)31-2)28-21(29)17(33-23(28)27-11)9-12-5-4-6-15(25)19(12)26/h4-10,20H,1-3H3/b17-9-/t20-/m1/s1. The van der Waals surface area contributed by atoms with E-state index in [4.69, 9.17) is 44.3 Å². The Morgan fingerprint density at radius 2 is 1.94 bits per heavy atom. The molecule has 6 nitrogen and oxygen atoms in total. The quantitative estimate of drug-likeness (QED) is 0.476. The second kappa shape index (κ2) is 9.35. The third-order valence-corrected chi connectivity index (χ3v) is 7.23. The summed E-state index contributed by atoms with van der Waals surface area (Å²) in [5, 5.41) is 1.14. The SMILES string of the molecule is COC(=O)C1=C(C)N=c2s/c(=C\c3cccc(Cl)c3Cl)c(=O)n2[C@@H]1c1cc(Cl)ccc1OC. The van der Waals surface area contributed by atoms with Crippen LogP contribution in [0, 0.1) is 0 Å². The lowest BCUT2D eigenvalue weighted by atomic mass is 9.95. The van der Waals surface area contributed by atoms with Gasteiger partial charge < -0.3 is 9.47 Å². The molecule has 0 spiro atoms. The summed E-state index contributed by atoms with van der Waals surface area (Å²) in [7, 11) is 2.78. The van der Waals surface area contributed by atoms with Gasteiger partial charge in [0.1, 0.15) is 11.8 Å². The molecule has 0 radical (unpaired) electrons. The van der Waals surface area contributed by atoms with Gasteiger partial charge >= 0.3 is 5.97 Å². The summed E-state index contributed by atoms with van der Waals surface area (Å²) in [4.78, 5) is 31.3. The van der Waals surface area contributed by atoms with Crippen LogP contribution in [-0.4, -0.2) is 24.8 Å². The average Bonchev–Trinajstić information content (AvgIpc) is 3.10. The van der Waals surface area contributed by atoms with Crippen LogP contribution >= 0.6 is 46.1 Å². The lowest BCUT2D eigenvalue weighted by Crippen LogP contribution is -2.40. The zero-order chi connectivity index (χ0) is 23.9. The molecule has 3 aromatic rings. The molecule has 0 amide bonds. The molecule has 0 N–H and O–H groups in total. The predicted molar refractivity (Wildman–Crippen MR) is 130 cm³/mol. The van der Waals surface area contributed by atoms with Crippen molar-refractivity contribution in [3.63, 3.8) is 0 Å². The van der Waals surface area contributed by atoms with Crippen molar-refractivity contribution in [1.82, 2.24) is 4.57 Å². The molecule has 0 bridgehead atoms. The molecule has 1 aliphatic rings.